The van der Waals surface area contributed by atoms with Gasteiger partial charge in [0.2, 0.25) is 0 Å². The third-order valence-corrected chi connectivity index (χ3v) is 5.04. The highest BCUT2D eigenvalue weighted by molar-refractivity contribution is 6.30. The van der Waals surface area contributed by atoms with Crippen LogP contribution in [0, 0.1) is 0 Å². The Morgan fingerprint density at radius 2 is 2.03 bits per heavy atom. The van der Waals surface area contributed by atoms with Gasteiger partial charge in [-0.2, -0.15) is 0 Å². The van der Waals surface area contributed by atoms with Gasteiger partial charge in [0.1, 0.15) is 17.2 Å². The lowest BCUT2D eigenvalue weighted by Gasteiger charge is -2.15. The molecule has 4 aromatic rings. The number of nitrogens with one attached hydrogen (secondary N) is 1. The molecular weight excluding hydrogens is 388 g/mol. The Bertz CT molecular complexity index is 1160. The number of phenols is 1. The minimum absolute atomic E-state index is 0.00260. The molecule has 0 radical (unpaired) electrons. The van der Waals surface area contributed by atoms with Crippen LogP contribution < -0.4 is 11.1 Å². The summed E-state index contributed by atoms with van der Waals surface area (Å²) in [5, 5.41) is 15.1. The van der Waals surface area contributed by atoms with Crippen LogP contribution in [0.15, 0.2) is 59.3 Å². The normalized spacial score (nSPS) is 12.2. The monoisotopic (exact) mass is 408 g/mol. The predicted octanol–water partition coefficient (Wildman–Crippen LogP) is 5.07. The van der Waals surface area contributed by atoms with Crippen LogP contribution in [0.3, 0.4) is 0 Å². The lowest BCUT2D eigenvalue weighted by molar-refractivity contribution is 0.477. The Labute approximate surface area is 173 Å². The fraction of sp³-hybridized carbons (Fsp3) is 0.182. The molecule has 7 heteroatoms. The van der Waals surface area contributed by atoms with Crippen molar-refractivity contribution in [2.75, 3.05) is 11.9 Å². The van der Waals surface area contributed by atoms with Gasteiger partial charge in [0.25, 0.3) is 0 Å². The standard InChI is InChI=1S/C22H21ClN4O2/c1-2-16(24)11-25-22-18(13-3-6-20-14(9-13)7-8-29-20)12-26-21(27-22)17-10-15(23)4-5-19(17)28/h3-10,12,16,28H,2,11,24H2,1H3,(H,25,26,27). The molecule has 2 heterocycles. The fourth-order valence-corrected chi connectivity index (χ4v) is 3.22. The summed E-state index contributed by atoms with van der Waals surface area (Å²) >= 11 is 6.09. The zero-order valence-corrected chi connectivity index (χ0v) is 16.6. The molecule has 0 aliphatic carbocycles. The lowest BCUT2D eigenvalue weighted by Crippen LogP contribution is -2.28. The van der Waals surface area contributed by atoms with Crippen LogP contribution in [-0.4, -0.2) is 27.7 Å². The smallest absolute Gasteiger partial charge is 0.165 e. The number of halogens is 1. The molecule has 6 nitrogen and oxygen atoms in total. The predicted molar refractivity (Wildman–Crippen MR) is 116 cm³/mol. The first-order chi connectivity index (χ1) is 14.0. The van der Waals surface area contributed by atoms with Gasteiger partial charge in [0.05, 0.1) is 11.8 Å². The van der Waals surface area contributed by atoms with Gasteiger partial charge in [-0.15, -0.1) is 0 Å². The number of aromatic hydroxyl groups is 1. The van der Waals surface area contributed by atoms with Crippen molar-refractivity contribution < 1.29 is 9.52 Å². The number of fused-ring (bicyclic) bond motifs is 1. The Kier molecular flexibility index (Phi) is 5.38. The highest BCUT2D eigenvalue weighted by atomic mass is 35.5. The maximum atomic E-state index is 10.2. The number of rotatable bonds is 6. The second-order valence-corrected chi connectivity index (χ2v) is 7.28. The summed E-state index contributed by atoms with van der Waals surface area (Å²) in [4.78, 5) is 9.15. The van der Waals surface area contributed by atoms with Crippen molar-refractivity contribution >= 4 is 28.4 Å². The van der Waals surface area contributed by atoms with Gasteiger partial charge in [-0.3, -0.25) is 0 Å². The maximum Gasteiger partial charge on any atom is 0.165 e. The molecule has 1 unspecified atom stereocenters. The van der Waals surface area contributed by atoms with Crippen LogP contribution in [0.2, 0.25) is 5.02 Å². The first kappa shape index (κ1) is 19.2. The molecule has 0 aliphatic heterocycles. The maximum absolute atomic E-state index is 10.2. The summed E-state index contributed by atoms with van der Waals surface area (Å²) in [6.45, 7) is 2.60. The van der Waals surface area contributed by atoms with Gasteiger partial charge < -0.3 is 20.6 Å². The van der Waals surface area contributed by atoms with Crippen LogP contribution in [0.25, 0.3) is 33.5 Å². The summed E-state index contributed by atoms with van der Waals surface area (Å²) in [7, 11) is 0. The highest BCUT2D eigenvalue weighted by Gasteiger charge is 2.15. The summed E-state index contributed by atoms with van der Waals surface area (Å²) in [5.41, 5.74) is 9.16. The summed E-state index contributed by atoms with van der Waals surface area (Å²) in [5.74, 6) is 1.09. The van der Waals surface area contributed by atoms with E-state index in [0.717, 1.165) is 28.5 Å². The van der Waals surface area contributed by atoms with Crippen molar-refractivity contribution in [2.45, 2.75) is 19.4 Å². The largest absolute Gasteiger partial charge is 0.507 e. The number of nitrogens with two attached hydrogens (primary N) is 1. The average molecular weight is 409 g/mol. The van der Waals surface area contributed by atoms with E-state index in [4.69, 9.17) is 21.8 Å². The van der Waals surface area contributed by atoms with Crippen LogP contribution in [0.1, 0.15) is 13.3 Å². The van der Waals surface area contributed by atoms with Crippen molar-refractivity contribution in [2.24, 2.45) is 5.73 Å². The van der Waals surface area contributed by atoms with E-state index in [2.05, 4.69) is 15.3 Å². The molecule has 2 aromatic heterocycles. The number of aromatic nitrogens is 2. The van der Waals surface area contributed by atoms with E-state index in [1.165, 1.54) is 6.07 Å². The molecule has 0 spiro atoms. The molecule has 4 rings (SSSR count). The highest BCUT2D eigenvalue weighted by Crippen LogP contribution is 2.34. The minimum atomic E-state index is -0.00260. The third-order valence-electron chi connectivity index (χ3n) is 4.81. The van der Waals surface area contributed by atoms with E-state index in [1.807, 2.05) is 31.2 Å². The first-order valence-corrected chi connectivity index (χ1v) is 9.76. The van der Waals surface area contributed by atoms with Gasteiger partial charge in [-0.1, -0.05) is 24.6 Å². The van der Waals surface area contributed by atoms with Crippen LogP contribution in [-0.2, 0) is 0 Å². The van der Waals surface area contributed by atoms with Gasteiger partial charge in [-0.05, 0) is 48.4 Å². The quantitative estimate of drug-likeness (QED) is 0.412. The van der Waals surface area contributed by atoms with Crippen LogP contribution in [0.4, 0.5) is 5.82 Å². The lowest BCUT2D eigenvalue weighted by atomic mass is 10.1. The number of hydrogen-bond donors (Lipinski definition) is 3. The number of hydrogen-bond acceptors (Lipinski definition) is 6. The van der Waals surface area contributed by atoms with Gasteiger partial charge in [-0.25, -0.2) is 9.97 Å². The second kappa shape index (κ2) is 8.11. The Morgan fingerprint density at radius 1 is 1.17 bits per heavy atom. The van der Waals surface area contributed by atoms with E-state index in [1.54, 1.807) is 24.6 Å². The Morgan fingerprint density at radius 3 is 2.86 bits per heavy atom. The van der Waals surface area contributed by atoms with Crippen molar-refractivity contribution in [3.63, 3.8) is 0 Å². The number of benzene rings is 2. The van der Waals surface area contributed by atoms with Crippen molar-refractivity contribution in [3.05, 3.63) is 59.9 Å². The molecule has 0 saturated heterocycles. The van der Waals surface area contributed by atoms with Crippen molar-refractivity contribution in [3.8, 4) is 28.3 Å². The molecule has 0 aliphatic rings. The molecule has 0 fully saturated rings. The summed E-state index contributed by atoms with van der Waals surface area (Å²) in [6, 6.07) is 12.6. The zero-order chi connectivity index (χ0) is 20.4. The van der Waals surface area contributed by atoms with E-state index >= 15 is 0 Å². The van der Waals surface area contributed by atoms with Gasteiger partial charge >= 0.3 is 0 Å². The van der Waals surface area contributed by atoms with Crippen LogP contribution in [0.5, 0.6) is 5.75 Å². The number of furan rings is 1. The summed E-state index contributed by atoms with van der Waals surface area (Å²) in [6.07, 6.45) is 4.25. The molecule has 0 saturated carbocycles. The van der Waals surface area contributed by atoms with E-state index in [9.17, 15) is 5.11 Å². The molecule has 148 valence electrons. The van der Waals surface area contributed by atoms with E-state index < -0.39 is 0 Å². The molecule has 0 amide bonds. The minimum Gasteiger partial charge on any atom is -0.507 e. The Balaban J connectivity index is 1.80. The zero-order valence-electron chi connectivity index (χ0n) is 15.9. The van der Waals surface area contributed by atoms with E-state index in [-0.39, 0.29) is 11.8 Å². The molecule has 1 atom stereocenters. The topological polar surface area (TPSA) is 97.2 Å². The number of anilines is 1. The SMILES string of the molecule is CCC(N)CNc1nc(-c2cc(Cl)ccc2O)ncc1-c1ccc2occc2c1. The molecule has 4 N–H and O–H groups in total. The second-order valence-electron chi connectivity index (χ2n) is 6.84. The average Bonchev–Trinajstić information content (AvgIpc) is 3.21. The van der Waals surface area contributed by atoms with E-state index in [0.29, 0.717) is 28.8 Å². The number of nitrogens with zero attached hydrogens (tertiary/aromatic N) is 2. The first-order valence-electron chi connectivity index (χ1n) is 9.38. The molecular formula is C22H21ClN4O2. The molecule has 2 aromatic carbocycles. The fourth-order valence-electron chi connectivity index (χ4n) is 3.05. The van der Waals surface area contributed by atoms with Crippen molar-refractivity contribution in [1.82, 2.24) is 9.97 Å². The Hall–Kier alpha value is -3.09. The summed E-state index contributed by atoms with van der Waals surface area (Å²) < 4.78 is 5.43. The molecule has 29 heavy (non-hydrogen) atoms. The third kappa shape index (κ3) is 4.04. The van der Waals surface area contributed by atoms with Crippen LogP contribution >= 0.6 is 11.6 Å². The van der Waals surface area contributed by atoms with Gasteiger partial charge in [0.15, 0.2) is 5.82 Å². The van der Waals surface area contributed by atoms with Crippen molar-refractivity contribution in [1.29, 1.82) is 0 Å². The molecule has 0 bridgehead atoms. The number of phenolic OH excluding ortho intramolecular Hbond substituents is 1. The van der Waals surface area contributed by atoms with Gasteiger partial charge in [0, 0.05) is 34.8 Å².